The zero-order valence-electron chi connectivity index (χ0n) is 19.0. The number of hydrogen-bond acceptors (Lipinski definition) is 6. The molecule has 1 aromatic heterocycles. The molecule has 0 saturated carbocycles. The number of nitrogens with zero attached hydrogens (tertiary/aromatic N) is 2. The van der Waals surface area contributed by atoms with Gasteiger partial charge in [0.25, 0.3) is 0 Å². The standard InChI is InChI=1S/C24H30N2O5/c1-7-8-9-26-15-25-22(16-10-18(27-2)14-19(11-16)28-3)23(26)17-12-20(29-4)24(31-6)21(13-17)30-5/h10-15H,7-9H2,1-6H3. The van der Waals surface area contributed by atoms with E-state index in [0.29, 0.717) is 28.7 Å². The van der Waals surface area contributed by atoms with Gasteiger partial charge < -0.3 is 28.3 Å². The van der Waals surface area contributed by atoms with Crippen LogP contribution in [0.25, 0.3) is 22.5 Å². The van der Waals surface area contributed by atoms with Gasteiger partial charge in [-0.25, -0.2) is 4.98 Å². The average Bonchev–Trinajstić information content (AvgIpc) is 3.25. The third-order valence-corrected chi connectivity index (χ3v) is 5.15. The van der Waals surface area contributed by atoms with Gasteiger partial charge in [0.2, 0.25) is 5.75 Å². The Morgan fingerprint density at radius 3 is 1.84 bits per heavy atom. The smallest absolute Gasteiger partial charge is 0.203 e. The van der Waals surface area contributed by atoms with Gasteiger partial charge in [-0.05, 0) is 30.7 Å². The second-order valence-corrected chi connectivity index (χ2v) is 7.00. The number of imidazole rings is 1. The molecule has 0 radical (unpaired) electrons. The molecular weight excluding hydrogens is 396 g/mol. The molecule has 0 atom stereocenters. The molecule has 0 saturated heterocycles. The quantitative estimate of drug-likeness (QED) is 0.452. The molecule has 3 rings (SSSR count). The van der Waals surface area contributed by atoms with Crippen LogP contribution in [-0.4, -0.2) is 45.1 Å². The van der Waals surface area contributed by atoms with E-state index < -0.39 is 0 Å². The van der Waals surface area contributed by atoms with E-state index >= 15 is 0 Å². The van der Waals surface area contributed by atoms with Crippen LogP contribution in [0.2, 0.25) is 0 Å². The first-order valence-corrected chi connectivity index (χ1v) is 10.2. The van der Waals surface area contributed by atoms with Crippen LogP contribution in [0.4, 0.5) is 0 Å². The van der Waals surface area contributed by atoms with Crippen LogP contribution in [0, 0.1) is 0 Å². The van der Waals surface area contributed by atoms with Gasteiger partial charge in [0.05, 0.1) is 53.3 Å². The summed E-state index contributed by atoms with van der Waals surface area (Å²) < 4.78 is 29.8. The summed E-state index contributed by atoms with van der Waals surface area (Å²) in [5.41, 5.74) is 3.60. The summed E-state index contributed by atoms with van der Waals surface area (Å²) in [6.07, 6.45) is 3.99. The van der Waals surface area contributed by atoms with Crippen LogP contribution >= 0.6 is 0 Å². The Morgan fingerprint density at radius 1 is 0.742 bits per heavy atom. The zero-order valence-corrected chi connectivity index (χ0v) is 19.0. The van der Waals surface area contributed by atoms with Crippen LogP contribution < -0.4 is 23.7 Å². The molecule has 0 N–H and O–H groups in total. The van der Waals surface area contributed by atoms with Crippen molar-refractivity contribution in [2.75, 3.05) is 35.5 Å². The molecule has 0 fully saturated rings. The minimum atomic E-state index is 0.554. The van der Waals surface area contributed by atoms with Crippen molar-refractivity contribution in [2.45, 2.75) is 26.3 Å². The molecule has 0 spiro atoms. The number of benzene rings is 2. The molecular formula is C24H30N2O5. The predicted molar refractivity (Wildman–Crippen MR) is 121 cm³/mol. The van der Waals surface area contributed by atoms with Crippen molar-refractivity contribution < 1.29 is 23.7 Å². The molecule has 0 aliphatic rings. The highest BCUT2D eigenvalue weighted by Crippen LogP contribution is 2.43. The van der Waals surface area contributed by atoms with E-state index in [4.69, 9.17) is 28.7 Å². The maximum atomic E-state index is 5.58. The maximum absolute atomic E-state index is 5.58. The van der Waals surface area contributed by atoms with E-state index in [-0.39, 0.29) is 0 Å². The number of hydrogen-bond donors (Lipinski definition) is 0. The van der Waals surface area contributed by atoms with E-state index in [1.54, 1.807) is 35.5 Å². The minimum Gasteiger partial charge on any atom is -0.497 e. The summed E-state index contributed by atoms with van der Waals surface area (Å²) in [7, 11) is 8.10. The number of unbranched alkanes of at least 4 members (excludes halogenated alkanes) is 1. The van der Waals surface area contributed by atoms with E-state index in [0.717, 1.165) is 41.9 Å². The molecule has 7 nitrogen and oxygen atoms in total. The van der Waals surface area contributed by atoms with Crippen LogP contribution in [0.3, 0.4) is 0 Å². The number of aromatic nitrogens is 2. The first kappa shape index (κ1) is 22.3. The first-order chi connectivity index (χ1) is 15.1. The number of aryl methyl sites for hydroxylation is 1. The van der Waals surface area contributed by atoms with Crippen LogP contribution in [-0.2, 0) is 6.54 Å². The molecule has 0 unspecified atom stereocenters. The third kappa shape index (κ3) is 4.55. The fourth-order valence-corrected chi connectivity index (χ4v) is 3.56. The van der Waals surface area contributed by atoms with Gasteiger partial charge in [0.1, 0.15) is 11.5 Å². The SMILES string of the molecule is CCCCn1cnc(-c2cc(OC)cc(OC)c2)c1-c1cc(OC)c(OC)c(OC)c1. The summed E-state index contributed by atoms with van der Waals surface area (Å²) in [6, 6.07) is 9.65. The largest absolute Gasteiger partial charge is 0.497 e. The van der Waals surface area contributed by atoms with Crippen LogP contribution in [0.15, 0.2) is 36.7 Å². The molecule has 0 aliphatic carbocycles. The van der Waals surface area contributed by atoms with Gasteiger partial charge in [0.15, 0.2) is 11.5 Å². The summed E-state index contributed by atoms with van der Waals surface area (Å²) in [6.45, 7) is 3.01. The average molecular weight is 427 g/mol. The monoisotopic (exact) mass is 426 g/mol. The van der Waals surface area contributed by atoms with Crippen molar-refractivity contribution in [3.63, 3.8) is 0 Å². The molecule has 7 heteroatoms. The van der Waals surface area contributed by atoms with E-state index in [1.807, 2.05) is 36.7 Å². The Hall–Kier alpha value is -3.35. The van der Waals surface area contributed by atoms with Gasteiger partial charge >= 0.3 is 0 Å². The zero-order chi connectivity index (χ0) is 22.4. The normalized spacial score (nSPS) is 10.6. The summed E-state index contributed by atoms with van der Waals surface area (Å²) in [5, 5.41) is 0. The number of ether oxygens (including phenoxy) is 5. The van der Waals surface area contributed by atoms with Crippen LogP contribution in [0.5, 0.6) is 28.7 Å². The molecule has 3 aromatic rings. The maximum Gasteiger partial charge on any atom is 0.203 e. The van der Waals surface area contributed by atoms with Gasteiger partial charge in [-0.2, -0.15) is 0 Å². The number of rotatable bonds is 10. The fraction of sp³-hybridized carbons (Fsp3) is 0.375. The van der Waals surface area contributed by atoms with E-state index in [9.17, 15) is 0 Å². The fourth-order valence-electron chi connectivity index (χ4n) is 3.56. The van der Waals surface area contributed by atoms with Crippen molar-refractivity contribution in [1.82, 2.24) is 9.55 Å². The molecule has 0 aliphatic heterocycles. The van der Waals surface area contributed by atoms with Gasteiger partial charge in [-0.1, -0.05) is 13.3 Å². The Labute approximate surface area is 183 Å². The summed E-state index contributed by atoms with van der Waals surface area (Å²) >= 11 is 0. The van der Waals surface area contributed by atoms with Gasteiger partial charge in [-0.15, -0.1) is 0 Å². The lowest BCUT2D eigenvalue weighted by Gasteiger charge is -2.16. The second kappa shape index (κ2) is 10.1. The minimum absolute atomic E-state index is 0.554. The van der Waals surface area contributed by atoms with Crippen molar-refractivity contribution in [3.05, 3.63) is 36.7 Å². The molecule has 166 valence electrons. The van der Waals surface area contributed by atoms with Crippen molar-refractivity contribution in [1.29, 1.82) is 0 Å². The van der Waals surface area contributed by atoms with Crippen molar-refractivity contribution in [2.24, 2.45) is 0 Å². The lowest BCUT2D eigenvalue weighted by atomic mass is 10.0. The lowest BCUT2D eigenvalue weighted by Crippen LogP contribution is -2.01. The lowest BCUT2D eigenvalue weighted by molar-refractivity contribution is 0.324. The molecule has 1 heterocycles. The Balaban J connectivity index is 2.26. The second-order valence-electron chi connectivity index (χ2n) is 7.00. The third-order valence-electron chi connectivity index (χ3n) is 5.15. The van der Waals surface area contributed by atoms with Gasteiger partial charge in [0, 0.05) is 23.7 Å². The Morgan fingerprint density at radius 2 is 1.35 bits per heavy atom. The predicted octanol–water partition coefficient (Wildman–Crippen LogP) is 5.06. The molecule has 0 amide bonds. The highest BCUT2D eigenvalue weighted by atomic mass is 16.5. The molecule has 0 bridgehead atoms. The summed E-state index contributed by atoms with van der Waals surface area (Å²) in [5.74, 6) is 3.14. The highest BCUT2D eigenvalue weighted by molar-refractivity contribution is 5.82. The Bertz CT molecular complexity index is 982. The topological polar surface area (TPSA) is 64.0 Å². The summed E-state index contributed by atoms with van der Waals surface area (Å²) in [4.78, 5) is 4.76. The molecule has 31 heavy (non-hydrogen) atoms. The van der Waals surface area contributed by atoms with E-state index in [2.05, 4.69) is 11.5 Å². The Kier molecular flexibility index (Phi) is 7.28. The first-order valence-electron chi connectivity index (χ1n) is 10.2. The molecule has 2 aromatic carbocycles. The highest BCUT2D eigenvalue weighted by Gasteiger charge is 2.21. The van der Waals surface area contributed by atoms with E-state index in [1.165, 1.54) is 0 Å². The van der Waals surface area contributed by atoms with Crippen LogP contribution in [0.1, 0.15) is 19.8 Å². The van der Waals surface area contributed by atoms with Crippen molar-refractivity contribution >= 4 is 0 Å². The van der Waals surface area contributed by atoms with Crippen molar-refractivity contribution in [3.8, 4) is 51.3 Å². The number of methoxy groups -OCH3 is 5. The van der Waals surface area contributed by atoms with Gasteiger partial charge in [-0.3, -0.25) is 0 Å².